The molecule has 1 fully saturated rings. The zero-order valence-corrected chi connectivity index (χ0v) is 21.3. The van der Waals surface area contributed by atoms with E-state index >= 15 is 0 Å². The standard InChI is InChI=1S/C27H31ClFN3O4/c1-15(2)24(14-33)32-13-20(27(35)36)26(34)19-10-18(9-17-5-4-6-21(28)25(17)29)22(11-23(19)32)31-8-7-30-16(3)12-31/h4-6,10-11,13,15-16,24,30,33H,7-9,12,14H2,1-3H3,(H,35,36)/t16-,24-/m1/s1. The second-order valence-corrected chi connectivity index (χ2v) is 10.2. The Hall–Kier alpha value is -2.94. The predicted octanol–water partition coefficient (Wildman–Crippen LogP) is 4.07. The fourth-order valence-corrected chi connectivity index (χ4v) is 5.15. The molecular formula is C27H31ClFN3O4. The smallest absolute Gasteiger partial charge is 0.341 e. The monoisotopic (exact) mass is 515 g/mol. The molecule has 0 unspecified atom stereocenters. The van der Waals surface area contributed by atoms with Gasteiger partial charge in [0, 0.05) is 49.4 Å². The van der Waals surface area contributed by atoms with Gasteiger partial charge in [-0.05, 0) is 42.2 Å². The fourth-order valence-electron chi connectivity index (χ4n) is 4.95. The maximum atomic E-state index is 14.9. The molecule has 1 aliphatic heterocycles. The third kappa shape index (κ3) is 4.98. The number of aromatic nitrogens is 1. The highest BCUT2D eigenvalue weighted by Gasteiger charge is 2.25. The lowest BCUT2D eigenvalue weighted by atomic mass is 9.97. The fraction of sp³-hybridized carbons (Fsp3) is 0.407. The molecule has 0 radical (unpaired) electrons. The second-order valence-electron chi connectivity index (χ2n) is 9.77. The van der Waals surface area contributed by atoms with Crippen molar-refractivity contribution in [1.29, 1.82) is 0 Å². The number of aromatic carboxylic acids is 1. The molecule has 0 spiro atoms. The van der Waals surface area contributed by atoms with Crippen LogP contribution in [0.1, 0.15) is 48.3 Å². The van der Waals surface area contributed by atoms with Crippen LogP contribution in [0.3, 0.4) is 0 Å². The number of fused-ring (bicyclic) bond motifs is 1. The molecule has 2 atom stereocenters. The van der Waals surface area contributed by atoms with Crippen molar-refractivity contribution in [3.8, 4) is 0 Å². The van der Waals surface area contributed by atoms with Crippen molar-refractivity contribution >= 4 is 34.2 Å². The van der Waals surface area contributed by atoms with E-state index in [1.807, 2.05) is 19.9 Å². The average molecular weight is 516 g/mol. The van der Waals surface area contributed by atoms with E-state index in [2.05, 4.69) is 17.1 Å². The number of piperazine rings is 1. The number of hydrogen-bond acceptors (Lipinski definition) is 5. The van der Waals surface area contributed by atoms with E-state index in [4.69, 9.17) is 11.6 Å². The van der Waals surface area contributed by atoms with E-state index in [0.717, 1.165) is 12.2 Å². The molecule has 1 aromatic heterocycles. The highest BCUT2D eigenvalue weighted by atomic mass is 35.5. The number of anilines is 1. The third-order valence-electron chi connectivity index (χ3n) is 6.90. The minimum absolute atomic E-state index is 0.0175. The Labute approximate surface area is 214 Å². The molecule has 36 heavy (non-hydrogen) atoms. The molecule has 2 aromatic carbocycles. The van der Waals surface area contributed by atoms with E-state index in [0.29, 0.717) is 29.7 Å². The SMILES string of the molecule is CC(C)[C@@H](CO)n1cc(C(=O)O)c(=O)c2cc(Cc3cccc(Cl)c3F)c(N3CCN[C@H](C)C3)cc21. The van der Waals surface area contributed by atoms with Gasteiger partial charge in [0.25, 0.3) is 0 Å². The molecule has 0 aliphatic carbocycles. The normalized spacial score (nSPS) is 17.1. The Bertz CT molecular complexity index is 1360. The summed E-state index contributed by atoms with van der Waals surface area (Å²) in [6.07, 6.45) is 1.51. The number of halogens is 2. The van der Waals surface area contributed by atoms with Crippen LogP contribution in [0.25, 0.3) is 10.9 Å². The van der Waals surface area contributed by atoms with Crippen molar-refractivity contribution in [2.24, 2.45) is 5.92 Å². The van der Waals surface area contributed by atoms with Crippen LogP contribution in [0.4, 0.5) is 10.1 Å². The summed E-state index contributed by atoms with van der Waals surface area (Å²) in [5.74, 6) is -1.88. The van der Waals surface area contributed by atoms with Crippen LogP contribution in [-0.2, 0) is 6.42 Å². The molecule has 3 aromatic rings. The molecule has 0 bridgehead atoms. The van der Waals surface area contributed by atoms with Crippen molar-refractivity contribution in [3.63, 3.8) is 0 Å². The lowest BCUT2D eigenvalue weighted by Crippen LogP contribution is -2.49. The zero-order valence-electron chi connectivity index (χ0n) is 20.6. The van der Waals surface area contributed by atoms with Gasteiger partial charge in [0.1, 0.15) is 11.4 Å². The van der Waals surface area contributed by atoms with Gasteiger partial charge in [-0.25, -0.2) is 9.18 Å². The van der Waals surface area contributed by atoms with Gasteiger partial charge in [-0.1, -0.05) is 37.6 Å². The first-order valence-corrected chi connectivity index (χ1v) is 12.5. The van der Waals surface area contributed by atoms with Crippen LogP contribution in [0.5, 0.6) is 0 Å². The van der Waals surface area contributed by atoms with Gasteiger partial charge in [-0.3, -0.25) is 4.79 Å². The minimum atomic E-state index is -1.33. The van der Waals surface area contributed by atoms with Crippen molar-refractivity contribution in [2.75, 3.05) is 31.1 Å². The van der Waals surface area contributed by atoms with Gasteiger partial charge in [-0.15, -0.1) is 0 Å². The Morgan fingerprint density at radius 2 is 2.03 bits per heavy atom. The summed E-state index contributed by atoms with van der Waals surface area (Å²) >= 11 is 6.03. The van der Waals surface area contributed by atoms with Crippen molar-refractivity contribution in [1.82, 2.24) is 9.88 Å². The number of aliphatic hydroxyl groups excluding tert-OH is 1. The number of carboxylic acids is 1. The molecule has 7 nitrogen and oxygen atoms in total. The first-order valence-electron chi connectivity index (χ1n) is 12.1. The first kappa shape index (κ1) is 26.1. The number of carbonyl (C=O) groups is 1. The molecule has 192 valence electrons. The lowest BCUT2D eigenvalue weighted by Gasteiger charge is -2.35. The average Bonchev–Trinajstić information content (AvgIpc) is 2.83. The maximum absolute atomic E-state index is 14.9. The van der Waals surface area contributed by atoms with Crippen molar-refractivity contribution in [2.45, 2.75) is 39.3 Å². The summed E-state index contributed by atoms with van der Waals surface area (Å²) in [5, 5.41) is 23.5. The molecule has 3 N–H and O–H groups in total. The summed E-state index contributed by atoms with van der Waals surface area (Å²) in [6.45, 7) is 7.91. The molecule has 9 heteroatoms. The number of hydrogen-bond donors (Lipinski definition) is 3. The van der Waals surface area contributed by atoms with Gasteiger partial charge in [0.2, 0.25) is 5.43 Å². The Kier molecular flexibility index (Phi) is 7.68. The number of nitrogens with zero attached hydrogens (tertiary/aromatic N) is 2. The van der Waals surface area contributed by atoms with Crippen LogP contribution in [0, 0.1) is 11.7 Å². The second kappa shape index (κ2) is 10.6. The Morgan fingerprint density at radius 3 is 2.67 bits per heavy atom. The molecule has 0 saturated carbocycles. The largest absolute Gasteiger partial charge is 0.477 e. The van der Waals surface area contributed by atoms with Crippen LogP contribution in [-0.4, -0.2) is 53.0 Å². The molecule has 1 saturated heterocycles. The summed E-state index contributed by atoms with van der Waals surface area (Å²) in [6, 6.07) is 8.17. The lowest BCUT2D eigenvalue weighted by molar-refractivity contribution is 0.0694. The summed E-state index contributed by atoms with van der Waals surface area (Å²) in [4.78, 5) is 27.4. The number of rotatable bonds is 7. The molecule has 0 amide bonds. The molecule has 1 aliphatic rings. The third-order valence-corrected chi connectivity index (χ3v) is 7.19. The molecule has 4 rings (SSSR count). The Balaban J connectivity index is 2.02. The van der Waals surface area contributed by atoms with Gasteiger partial charge in [-0.2, -0.15) is 0 Å². The van der Waals surface area contributed by atoms with E-state index in [-0.39, 0.29) is 41.0 Å². The highest BCUT2D eigenvalue weighted by Crippen LogP contribution is 2.33. The summed E-state index contributed by atoms with van der Waals surface area (Å²) < 4.78 is 16.6. The van der Waals surface area contributed by atoms with Gasteiger partial charge >= 0.3 is 5.97 Å². The van der Waals surface area contributed by atoms with Crippen LogP contribution < -0.4 is 15.6 Å². The van der Waals surface area contributed by atoms with Gasteiger partial charge in [0.05, 0.1) is 23.2 Å². The quantitative estimate of drug-likeness (QED) is 0.439. The van der Waals surface area contributed by atoms with E-state index in [9.17, 15) is 24.2 Å². The number of carboxylic acid groups (broad SMARTS) is 1. The first-order chi connectivity index (χ1) is 17.1. The van der Waals surface area contributed by atoms with E-state index < -0.39 is 23.3 Å². The van der Waals surface area contributed by atoms with E-state index in [1.54, 1.807) is 22.8 Å². The molecular weight excluding hydrogens is 485 g/mol. The maximum Gasteiger partial charge on any atom is 0.341 e. The number of nitrogens with one attached hydrogen (secondary N) is 1. The van der Waals surface area contributed by atoms with Crippen molar-refractivity contribution in [3.05, 3.63) is 74.3 Å². The predicted molar refractivity (Wildman–Crippen MR) is 140 cm³/mol. The molecule has 2 heterocycles. The Morgan fingerprint density at radius 1 is 1.28 bits per heavy atom. The van der Waals surface area contributed by atoms with Crippen molar-refractivity contribution < 1.29 is 19.4 Å². The van der Waals surface area contributed by atoms with Crippen LogP contribution in [0.2, 0.25) is 5.02 Å². The van der Waals surface area contributed by atoms with Crippen LogP contribution in [0.15, 0.2) is 41.3 Å². The van der Waals surface area contributed by atoms with Crippen LogP contribution >= 0.6 is 11.6 Å². The zero-order chi connectivity index (χ0) is 26.1. The highest BCUT2D eigenvalue weighted by molar-refractivity contribution is 6.30. The topological polar surface area (TPSA) is 94.8 Å². The number of aliphatic hydroxyl groups is 1. The number of benzene rings is 2. The summed E-state index contributed by atoms with van der Waals surface area (Å²) in [5.41, 5.74) is 1.49. The summed E-state index contributed by atoms with van der Waals surface area (Å²) in [7, 11) is 0. The van der Waals surface area contributed by atoms with Gasteiger partial charge < -0.3 is 25.0 Å². The minimum Gasteiger partial charge on any atom is -0.477 e. The van der Waals surface area contributed by atoms with Gasteiger partial charge in [0.15, 0.2) is 0 Å². The number of pyridine rings is 1. The van der Waals surface area contributed by atoms with E-state index in [1.165, 1.54) is 12.3 Å².